The molecule has 1 aromatic rings. The summed E-state index contributed by atoms with van der Waals surface area (Å²) in [5, 5.41) is 8.86. The number of pyridine rings is 1. The first-order valence-electron chi connectivity index (χ1n) is 7.41. The van der Waals surface area contributed by atoms with Crippen LogP contribution in [0, 0.1) is 5.92 Å². The molecule has 0 aliphatic carbocycles. The number of aromatic nitrogens is 1. The largest absolute Gasteiger partial charge is 0.354 e. The Morgan fingerprint density at radius 3 is 2.70 bits per heavy atom. The number of hydrogen-bond acceptors (Lipinski definition) is 4. The van der Waals surface area contributed by atoms with E-state index in [0.29, 0.717) is 31.0 Å². The van der Waals surface area contributed by atoms with Crippen molar-refractivity contribution in [2.45, 2.75) is 19.3 Å². The van der Waals surface area contributed by atoms with Gasteiger partial charge in [0.2, 0.25) is 5.91 Å². The van der Waals surface area contributed by atoms with Crippen molar-refractivity contribution in [3.8, 4) is 0 Å². The van der Waals surface area contributed by atoms with Gasteiger partial charge < -0.3 is 16.0 Å². The van der Waals surface area contributed by atoms with Crippen molar-refractivity contribution in [2.75, 3.05) is 26.2 Å². The second-order valence-electron chi connectivity index (χ2n) is 5.25. The lowest BCUT2D eigenvalue weighted by molar-refractivity contribution is -0.121. The maximum atomic E-state index is 11.7. The van der Waals surface area contributed by atoms with Gasteiger partial charge in [-0.3, -0.25) is 14.6 Å². The zero-order chi connectivity index (χ0) is 14.9. The van der Waals surface area contributed by atoms with Gasteiger partial charge in [0.15, 0.2) is 0 Å². The van der Waals surface area contributed by atoms with Crippen LogP contribution in [0.15, 0.2) is 24.5 Å². The molecule has 1 fully saturated rings. The first-order chi connectivity index (χ1) is 10.3. The summed E-state index contributed by atoms with van der Waals surface area (Å²) in [6.07, 6.45) is 5.79. The lowest BCUT2D eigenvalue weighted by Gasteiger charge is -2.09. The minimum Gasteiger partial charge on any atom is -0.354 e. The van der Waals surface area contributed by atoms with Crippen molar-refractivity contribution in [2.24, 2.45) is 5.92 Å². The van der Waals surface area contributed by atoms with Crippen LogP contribution in [-0.4, -0.2) is 43.0 Å². The van der Waals surface area contributed by atoms with Gasteiger partial charge in [-0.05, 0) is 44.0 Å². The van der Waals surface area contributed by atoms with E-state index in [1.165, 1.54) is 6.20 Å². The molecule has 0 saturated carbocycles. The van der Waals surface area contributed by atoms with E-state index in [9.17, 15) is 9.59 Å². The molecule has 1 atom stereocenters. The topological polar surface area (TPSA) is 83.1 Å². The zero-order valence-corrected chi connectivity index (χ0v) is 14.5. The summed E-state index contributed by atoms with van der Waals surface area (Å²) >= 11 is 0. The van der Waals surface area contributed by atoms with Gasteiger partial charge in [0.05, 0.1) is 5.56 Å². The van der Waals surface area contributed by atoms with Crippen LogP contribution in [0.3, 0.4) is 0 Å². The highest BCUT2D eigenvalue weighted by molar-refractivity contribution is 5.93. The number of nitrogens with one attached hydrogen (secondary N) is 3. The van der Waals surface area contributed by atoms with Crippen LogP contribution in [0.2, 0.25) is 0 Å². The smallest absolute Gasteiger partial charge is 0.252 e. The number of nitrogens with zero attached hydrogens (tertiary/aromatic N) is 1. The molecule has 3 N–H and O–H groups in total. The SMILES string of the molecule is Cl.Cl.O=C(CCC1CCNC1)NCCNC(=O)c1cccnc1. The molecule has 2 amide bonds. The van der Waals surface area contributed by atoms with Crippen molar-refractivity contribution in [3.63, 3.8) is 0 Å². The van der Waals surface area contributed by atoms with Crippen LogP contribution < -0.4 is 16.0 Å². The molecule has 1 aromatic heterocycles. The molecule has 8 heteroatoms. The predicted molar refractivity (Wildman–Crippen MR) is 94.3 cm³/mol. The number of halogens is 2. The van der Waals surface area contributed by atoms with E-state index < -0.39 is 0 Å². The first-order valence-corrected chi connectivity index (χ1v) is 7.41. The second-order valence-corrected chi connectivity index (χ2v) is 5.25. The molecule has 23 heavy (non-hydrogen) atoms. The Morgan fingerprint density at radius 1 is 1.26 bits per heavy atom. The highest BCUT2D eigenvalue weighted by atomic mass is 35.5. The van der Waals surface area contributed by atoms with Crippen molar-refractivity contribution in [1.82, 2.24) is 20.9 Å². The molecule has 0 aromatic carbocycles. The van der Waals surface area contributed by atoms with Gasteiger partial charge >= 0.3 is 0 Å². The number of carbonyl (C=O) groups is 2. The van der Waals surface area contributed by atoms with Crippen molar-refractivity contribution in [1.29, 1.82) is 0 Å². The Labute approximate surface area is 149 Å². The van der Waals surface area contributed by atoms with Crippen LogP contribution in [0.25, 0.3) is 0 Å². The van der Waals surface area contributed by atoms with Gasteiger partial charge in [-0.25, -0.2) is 0 Å². The highest BCUT2D eigenvalue weighted by Gasteiger charge is 2.15. The number of hydrogen-bond donors (Lipinski definition) is 3. The summed E-state index contributed by atoms with van der Waals surface area (Å²) in [6.45, 7) is 2.96. The van der Waals surface area contributed by atoms with Gasteiger partial charge in [-0.15, -0.1) is 24.8 Å². The minimum atomic E-state index is -0.172. The highest BCUT2D eigenvalue weighted by Crippen LogP contribution is 2.13. The summed E-state index contributed by atoms with van der Waals surface area (Å²) in [5.74, 6) is 0.507. The van der Waals surface area contributed by atoms with E-state index in [1.807, 2.05) is 0 Å². The third-order valence-corrected chi connectivity index (χ3v) is 3.60. The molecule has 130 valence electrons. The van der Waals surface area contributed by atoms with E-state index in [1.54, 1.807) is 18.3 Å². The zero-order valence-electron chi connectivity index (χ0n) is 12.9. The quantitative estimate of drug-likeness (QED) is 0.635. The third kappa shape index (κ3) is 8.16. The summed E-state index contributed by atoms with van der Waals surface area (Å²) in [4.78, 5) is 27.3. The maximum Gasteiger partial charge on any atom is 0.252 e. The van der Waals surface area contributed by atoms with Crippen LogP contribution in [-0.2, 0) is 4.79 Å². The number of rotatable bonds is 7. The van der Waals surface area contributed by atoms with Crippen molar-refractivity contribution >= 4 is 36.6 Å². The standard InChI is InChI=1S/C15H22N4O2.2ClH/c20-14(4-3-12-5-7-17-10-12)18-8-9-19-15(21)13-2-1-6-16-11-13;;/h1-2,6,11-12,17H,3-5,7-10H2,(H,18,20)(H,19,21);2*1H. The van der Waals surface area contributed by atoms with Gasteiger partial charge in [-0.2, -0.15) is 0 Å². The fourth-order valence-electron chi connectivity index (χ4n) is 2.36. The average molecular weight is 363 g/mol. The molecular weight excluding hydrogens is 339 g/mol. The molecule has 1 saturated heterocycles. The van der Waals surface area contributed by atoms with Gasteiger partial charge in [0.1, 0.15) is 0 Å². The van der Waals surface area contributed by atoms with Gasteiger partial charge in [0, 0.05) is 31.9 Å². The maximum absolute atomic E-state index is 11.7. The van der Waals surface area contributed by atoms with Crippen LogP contribution in [0.1, 0.15) is 29.6 Å². The Morgan fingerprint density at radius 2 is 2.04 bits per heavy atom. The first kappa shape index (κ1) is 21.6. The van der Waals surface area contributed by atoms with Crippen molar-refractivity contribution in [3.05, 3.63) is 30.1 Å². The number of carbonyl (C=O) groups excluding carboxylic acids is 2. The van der Waals surface area contributed by atoms with Gasteiger partial charge in [-0.1, -0.05) is 0 Å². The van der Waals surface area contributed by atoms with E-state index in [0.717, 1.165) is 25.9 Å². The fourth-order valence-corrected chi connectivity index (χ4v) is 2.36. The normalized spacial score (nSPS) is 15.9. The second kappa shape index (κ2) is 12.1. The monoisotopic (exact) mass is 362 g/mol. The van der Waals surface area contributed by atoms with E-state index >= 15 is 0 Å². The third-order valence-electron chi connectivity index (χ3n) is 3.60. The molecular formula is C15H24Cl2N4O2. The Kier molecular flexibility index (Phi) is 11.4. The summed E-state index contributed by atoms with van der Waals surface area (Å²) in [7, 11) is 0. The van der Waals surface area contributed by atoms with Crippen molar-refractivity contribution < 1.29 is 9.59 Å². The molecule has 6 nitrogen and oxygen atoms in total. The molecule has 1 aliphatic heterocycles. The van der Waals surface area contributed by atoms with E-state index in [2.05, 4.69) is 20.9 Å². The molecule has 1 unspecified atom stereocenters. The average Bonchev–Trinajstić information content (AvgIpc) is 3.03. The molecule has 2 heterocycles. The van der Waals surface area contributed by atoms with E-state index in [-0.39, 0.29) is 36.6 Å². The number of amides is 2. The molecule has 0 spiro atoms. The van der Waals surface area contributed by atoms with E-state index in [4.69, 9.17) is 0 Å². The molecule has 0 radical (unpaired) electrons. The Balaban J connectivity index is 0.00000242. The minimum absolute atomic E-state index is 0. The summed E-state index contributed by atoms with van der Waals surface area (Å²) in [5.41, 5.74) is 0.526. The Hall–Kier alpha value is -1.37. The fraction of sp³-hybridized carbons (Fsp3) is 0.533. The summed E-state index contributed by atoms with van der Waals surface area (Å²) < 4.78 is 0. The summed E-state index contributed by atoms with van der Waals surface area (Å²) in [6, 6.07) is 3.42. The van der Waals surface area contributed by atoms with Crippen LogP contribution in [0.5, 0.6) is 0 Å². The lowest BCUT2D eigenvalue weighted by atomic mass is 10.0. The van der Waals surface area contributed by atoms with Crippen LogP contribution >= 0.6 is 24.8 Å². The van der Waals surface area contributed by atoms with Gasteiger partial charge in [0.25, 0.3) is 5.91 Å². The molecule has 1 aliphatic rings. The molecule has 0 bridgehead atoms. The lowest BCUT2D eigenvalue weighted by Crippen LogP contribution is -2.34. The van der Waals surface area contributed by atoms with Crippen LogP contribution in [0.4, 0.5) is 0 Å². The Bertz CT molecular complexity index is 468. The predicted octanol–water partition coefficient (Wildman–Crippen LogP) is 1.16. The molecule has 2 rings (SSSR count).